The van der Waals surface area contributed by atoms with Crippen LogP contribution in [0.3, 0.4) is 0 Å². The van der Waals surface area contributed by atoms with Crippen LogP contribution in [0.5, 0.6) is 0 Å². The van der Waals surface area contributed by atoms with Crippen molar-refractivity contribution in [1.82, 2.24) is 9.88 Å². The predicted molar refractivity (Wildman–Crippen MR) is 85.4 cm³/mol. The molecule has 1 aliphatic rings. The number of pyridine rings is 1. The molecule has 118 valence electrons. The maximum absolute atomic E-state index is 12.7. The average Bonchev–Trinajstić information content (AvgIpc) is 3.03. The third-order valence-corrected chi connectivity index (χ3v) is 4.18. The molecule has 1 aromatic carbocycles. The number of aromatic nitrogens is 1. The van der Waals surface area contributed by atoms with Crippen LogP contribution in [0.2, 0.25) is 0 Å². The summed E-state index contributed by atoms with van der Waals surface area (Å²) in [5.74, 6) is -1.24. The molecule has 1 saturated heterocycles. The van der Waals surface area contributed by atoms with Crippen molar-refractivity contribution in [1.29, 1.82) is 0 Å². The number of carbonyl (C=O) groups is 2. The first-order valence-corrected chi connectivity index (χ1v) is 7.69. The lowest BCUT2D eigenvalue weighted by Crippen LogP contribution is -2.36. The van der Waals surface area contributed by atoms with Crippen LogP contribution in [0.15, 0.2) is 48.7 Å². The van der Waals surface area contributed by atoms with E-state index in [-0.39, 0.29) is 17.6 Å². The fraction of sp³-hybridized carbons (Fsp3) is 0.278. The number of carboxylic acids is 1. The second-order valence-corrected chi connectivity index (χ2v) is 5.72. The average molecular weight is 310 g/mol. The molecular weight excluding hydrogens is 292 g/mol. The molecule has 1 unspecified atom stereocenters. The van der Waals surface area contributed by atoms with Crippen LogP contribution in [0.4, 0.5) is 0 Å². The first-order chi connectivity index (χ1) is 11.1. The van der Waals surface area contributed by atoms with Crippen molar-refractivity contribution in [2.75, 3.05) is 6.54 Å². The Morgan fingerprint density at radius 3 is 2.74 bits per heavy atom. The number of carbonyl (C=O) groups excluding carboxylic acids is 1. The summed E-state index contributed by atoms with van der Waals surface area (Å²) < 4.78 is 0. The van der Waals surface area contributed by atoms with Gasteiger partial charge >= 0.3 is 5.97 Å². The van der Waals surface area contributed by atoms with Gasteiger partial charge in [0.05, 0.1) is 0 Å². The SMILES string of the molecule is O=C(O)c1cc(C(=O)N2CCCC2Cc2ccccc2)ccn1. The highest BCUT2D eigenvalue weighted by Gasteiger charge is 2.29. The Balaban J connectivity index is 1.78. The Kier molecular flexibility index (Phi) is 4.37. The van der Waals surface area contributed by atoms with Gasteiger partial charge in [-0.1, -0.05) is 30.3 Å². The van der Waals surface area contributed by atoms with Gasteiger partial charge in [0.15, 0.2) is 0 Å². The minimum Gasteiger partial charge on any atom is -0.477 e. The minimum absolute atomic E-state index is 0.102. The zero-order valence-corrected chi connectivity index (χ0v) is 12.7. The first-order valence-electron chi connectivity index (χ1n) is 7.69. The van der Waals surface area contributed by atoms with Crippen LogP contribution in [0.1, 0.15) is 39.3 Å². The molecule has 0 saturated carbocycles. The van der Waals surface area contributed by atoms with Gasteiger partial charge in [-0.05, 0) is 37.0 Å². The van der Waals surface area contributed by atoms with Gasteiger partial charge in [-0.2, -0.15) is 0 Å². The van der Waals surface area contributed by atoms with E-state index in [9.17, 15) is 9.59 Å². The third kappa shape index (κ3) is 3.39. The predicted octanol–water partition coefficient (Wildman–Crippen LogP) is 2.63. The van der Waals surface area contributed by atoms with E-state index in [0.29, 0.717) is 12.1 Å². The van der Waals surface area contributed by atoms with Gasteiger partial charge < -0.3 is 10.0 Å². The largest absolute Gasteiger partial charge is 0.477 e. The fourth-order valence-corrected chi connectivity index (χ4v) is 3.05. The van der Waals surface area contributed by atoms with Crippen LogP contribution in [0.25, 0.3) is 0 Å². The van der Waals surface area contributed by atoms with Crippen LogP contribution >= 0.6 is 0 Å². The van der Waals surface area contributed by atoms with Crippen molar-refractivity contribution < 1.29 is 14.7 Å². The van der Waals surface area contributed by atoms with Crippen LogP contribution in [-0.4, -0.2) is 39.5 Å². The summed E-state index contributed by atoms with van der Waals surface area (Å²) in [7, 11) is 0. The number of hydrogen-bond donors (Lipinski definition) is 1. The van der Waals surface area contributed by atoms with E-state index in [4.69, 9.17) is 5.11 Å². The summed E-state index contributed by atoms with van der Waals surface area (Å²) in [5, 5.41) is 9.02. The molecule has 1 N–H and O–H groups in total. The highest BCUT2D eigenvalue weighted by Crippen LogP contribution is 2.23. The van der Waals surface area contributed by atoms with Gasteiger partial charge in [-0.25, -0.2) is 9.78 Å². The monoisotopic (exact) mass is 310 g/mol. The maximum Gasteiger partial charge on any atom is 0.354 e. The molecule has 23 heavy (non-hydrogen) atoms. The van der Waals surface area contributed by atoms with Gasteiger partial charge in [-0.3, -0.25) is 4.79 Å². The van der Waals surface area contributed by atoms with Crippen molar-refractivity contribution in [3.63, 3.8) is 0 Å². The first kappa shape index (κ1) is 15.2. The van der Waals surface area contributed by atoms with Crippen LogP contribution in [0, 0.1) is 0 Å². The van der Waals surface area contributed by atoms with E-state index in [2.05, 4.69) is 17.1 Å². The van der Waals surface area contributed by atoms with E-state index in [1.807, 2.05) is 23.1 Å². The molecule has 0 bridgehead atoms. The quantitative estimate of drug-likeness (QED) is 0.942. The lowest BCUT2D eigenvalue weighted by atomic mass is 10.0. The number of likely N-dealkylation sites (tertiary alicyclic amines) is 1. The Hall–Kier alpha value is -2.69. The molecule has 1 aliphatic heterocycles. The van der Waals surface area contributed by atoms with E-state index in [1.54, 1.807) is 6.07 Å². The normalized spacial score (nSPS) is 17.2. The standard InChI is InChI=1S/C18H18N2O3/c21-17(14-8-9-19-16(12-14)18(22)23)20-10-4-7-15(20)11-13-5-2-1-3-6-13/h1-3,5-6,8-9,12,15H,4,7,10-11H2,(H,22,23). The molecule has 1 atom stereocenters. The fourth-order valence-electron chi connectivity index (χ4n) is 3.05. The highest BCUT2D eigenvalue weighted by molar-refractivity contribution is 5.97. The Morgan fingerprint density at radius 1 is 1.22 bits per heavy atom. The number of nitrogens with zero attached hydrogens (tertiary/aromatic N) is 2. The molecule has 0 radical (unpaired) electrons. The number of rotatable bonds is 4. The molecule has 2 heterocycles. The Morgan fingerprint density at radius 2 is 2.00 bits per heavy atom. The second kappa shape index (κ2) is 6.60. The molecule has 1 aromatic heterocycles. The summed E-state index contributed by atoms with van der Waals surface area (Å²) in [4.78, 5) is 29.4. The van der Waals surface area contributed by atoms with Crippen LogP contribution in [-0.2, 0) is 6.42 Å². The summed E-state index contributed by atoms with van der Waals surface area (Å²) in [6, 6.07) is 13.2. The molecule has 5 heteroatoms. The molecule has 1 amide bonds. The second-order valence-electron chi connectivity index (χ2n) is 5.72. The molecular formula is C18H18N2O3. The number of amides is 1. The van der Waals surface area contributed by atoms with Gasteiger partial charge in [0.1, 0.15) is 5.69 Å². The smallest absolute Gasteiger partial charge is 0.354 e. The summed E-state index contributed by atoms with van der Waals surface area (Å²) in [6.07, 6.45) is 4.14. The van der Waals surface area contributed by atoms with Gasteiger partial charge in [0.2, 0.25) is 0 Å². The van der Waals surface area contributed by atoms with Gasteiger partial charge in [0.25, 0.3) is 5.91 Å². The van der Waals surface area contributed by atoms with E-state index in [1.165, 1.54) is 17.8 Å². The van der Waals surface area contributed by atoms with E-state index < -0.39 is 5.97 Å². The number of carboxylic acid groups (broad SMARTS) is 1. The molecule has 1 fully saturated rings. The van der Waals surface area contributed by atoms with Crippen molar-refractivity contribution in [2.24, 2.45) is 0 Å². The lowest BCUT2D eigenvalue weighted by molar-refractivity contribution is 0.0690. The number of aromatic carboxylic acids is 1. The minimum atomic E-state index is -1.12. The molecule has 5 nitrogen and oxygen atoms in total. The van der Waals surface area contributed by atoms with Crippen LogP contribution < -0.4 is 0 Å². The van der Waals surface area contributed by atoms with Gasteiger partial charge in [-0.15, -0.1) is 0 Å². The Bertz CT molecular complexity index is 715. The number of benzene rings is 1. The lowest BCUT2D eigenvalue weighted by Gasteiger charge is -2.25. The zero-order valence-electron chi connectivity index (χ0n) is 12.7. The van der Waals surface area contributed by atoms with Crippen molar-refractivity contribution >= 4 is 11.9 Å². The third-order valence-electron chi connectivity index (χ3n) is 4.18. The summed E-state index contributed by atoms with van der Waals surface area (Å²) in [5.41, 5.74) is 1.49. The van der Waals surface area contributed by atoms with Crippen molar-refractivity contribution in [3.05, 3.63) is 65.5 Å². The molecule has 0 aliphatic carbocycles. The topological polar surface area (TPSA) is 70.5 Å². The number of hydrogen-bond acceptors (Lipinski definition) is 3. The molecule has 2 aromatic rings. The van der Waals surface area contributed by atoms with E-state index >= 15 is 0 Å². The molecule has 3 rings (SSSR count). The van der Waals surface area contributed by atoms with Crippen molar-refractivity contribution in [2.45, 2.75) is 25.3 Å². The van der Waals surface area contributed by atoms with Crippen molar-refractivity contribution in [3.8, 4) is 0 Å². The Labute approximate surface area is 134 Å². The zero-order chi connectivity index (χ0) is 16.2. The summed E-state index contributed by atoms with van der Waals surface area (Å²) in [6.45, 7) is 0.709. The van der Waals surface area contributed by atoms with E-state index in [0.717, 1.165) is 19.3 Å². The van der Waals surface area contributed by atoms with Gasteiger partial charge in [0, 0.05) is 24.3 Å². The summed E-state index contributed by atoms with van der Waals surface area (Å²) >= 11 is 0. The highest BCUT2D eigenvalue weighted by atomic mass is 16.4. The molecule has 0 spiro atoms. The maximum atomic E-state index is 12.7.